The molecule has 0 bridgehead atoms. The Bertz CT molecular complexity index is 1200. The molecular formula is C28H33NO6. The highest BCUT2D eigenvalue weighted by Crippen LogP contribution is 2.46. The number of amides is 2. The molecule has 4 atom stereocenters. The zero-order valence-electron chi connectivity index (χ0n) is 20.4. The first-order chi connectivity index (χ1) is 16.8. The van der Waals surface area contributed by atoms with E-state index in [1.54, 1.807) is 13.2 Å². The number of hydrogen-bond acceptors (Lipinski definition) is 6. The van der Waals surface area contributed by atoms with Crippen LogP contribution in [0.1, 0.15) is 31.7 Å². The molecule has 1 fully saturated rings. The quantitative estimate of drug-likeness (QED) is 0.396. The first-order valence-electron chi connectivity index (χ1n) is 12.0. The summed E-state index contributed by atoms with van der Waals surface area (Å²) in [6.45, 7) is 1.92. The van der Waals surface area contributed by atoms with Crippen LogP contribution in [-0.4, -0.2) is 65.5 Å². The Hall–Kier alpha value is -3.00. The van der Waals surface area contributed by atoms with Gasteiger partial charge in [0.15, 0.2) is 0 Å². The molecule has 2 amide bonds. The number of carbonyl (C=O) groups is 2. The summed E-state index contributed by atoms with van der Waals surface area (Å²) in [5.41, 5.74) is 3.46. The summed E-state index contributed by atoms with van der Waals surface area (Å²) in [4.78, 5) is 26.5. The predicted octanol–water partition coefficient (Wildman–Crippen LogP) is 3.28. The lowest BCUT2D eigenvalue weighted by atomic mass is 9.68. The van der Waals surface area contributed by atoms with Crippen LogP contribution >= 0.6 is 0 Å². The molecule has 0 aromatic heterocycles. The SMILES string of the molecule is COCC1=C([C@H](O)CC/C(C)=C/c2ccc(O)c3ccccc23)[C@H](CO)[C@@H]2C(=O)N(C)C(=O)[C@@H]2C1. The van der Waals surface area contributed by atoms with Crippen molar-refractivity contribution in [1.29, 1.82) is 0 Å². The Kier molecular flexibility index (Phi) is 7.40. The summed E-state index contributed by atoms with van der Waals surface area (Å²) in [6.07, 6.45) is 2.54. The van der Waals surface area contributed by atoms with E-state index in [4.69, 9.17) is 4.74 Å². The number of phenolic OH excluding ortho intramolecular Hbond substituents is 1. The maximum absolute atomic E-state index is 12.8. The van der Waals surface area contributed by atoms with Crippen molar-refractivity contribution in [2.75, 3.05) is 27.4 Å². The van der Waals surface area contributed by atoms with Gasteiger partial charge in [-0.2, -0.15) is 0 Å². The number of likely N-dealkylation sites (tertiary alicyclic amines) is 1. The molecule has 2 aromatic rings. The van der Waals surface area contributed by atoms with Crippen LogP contribution in [0.3, 0.4) is 0 Å². The van der Waals surface area contributed by atoms with Gasteiger partial charge in [0.2, 0.25) is 11.8 Å². The first-order valence-corrected chi connectivity index (χ1v) is 12.0. The molecule has 35 heavy (non-hydrogen) atoms. The number of imide groups is 1. The van der Waals surface area contributed by atoms with E-state index < -0.39 is 23.9 Å². The number of rotatable bonds is 8. The normalized spacial score (nSPS) is 23.9. The van der Waals surface area contributed by atoms with E-state index in [0.717, 1.165) is 32.4 Å². The molecule has 1 aliphatic heterocycles. The largest absolute Gasteiger partial charge is 0.507 e. The highest BCUT2D eigenvalue weighted by atomic mass is 16.5. The fraction of sp³-hybridized carbons (Fsp3) is 0.429. The second kappa shape index (κ2) is 10.3. The third-order valence-electron chi connectivity index (χ3n) is 7.43. The number of nitrogens with zero attached hydrogens (tertiary/aromatic N) is 1. The highest BCUT2D eigenvalue weighted by molar-refractivity contribution is 6.05. The second-order valence-corrected chi connectivity index (χ2v) is 9.62. The minimum absolute atomic E-state index is 0.236. The van der Waals surface area contributed by atoms with E-state index in [9.17, 15) is 24.9 Å². The summed E-state index contributed by atoms with van der Waals surface area (Å²) < 4.78 is 5.35. The average molecular weight is 480 g/mol. The van der Waals surface area contributed by atoms with E-state index in [-0.39, 0.29) is 30.8 Å². The molecule has 1 heterocycles. The van der Waals surface area contributed by atoms with Crippen molar-refractivity contribution in [2.24, 2.45) is 17.8 Å². The van der Waals surface area contributed by atoms with Crippen molar-refractivity contribution in [3.05, 3.63) is 58.7 Å². The van der Waals surface area contributed by atoms with Crippen LogP contribution in [0, 0.1) is 17.8 Å². The van der Waals surface area contributed by atoms with Gasteiger partial charge in [-0.05, 0) is 54.3 Å². The van der Waals surface area contributed by atoms with Gasteiger partial charge in [-0.1, -0.05) is 42.0 Å². The Morgan fingerprint density at radius 1 is 1.17 bits per heavy atom. The lowest BCUT2D eigenvalue weighted by Gasteiger charge is -2.36. The van der Waals surface area contributed by atoms with Crippen LogP contribution in [0.25, 0.3) is 16.8 Å². The Morgan fingerprint density at radius 3 is 2.57 bits per heavy atom. The molecule has 186 valence electrons. The highest BCUT2D eigenvalue weighted by Gasteiger charge is 2.53. The van der Waals surface area contributed by atoms with Gasteiger partial charge in [0, 0.05) is 25.5 Å². The van der Waals surface area contributed by atoms with E-state index in [1.807, 2.05) is 43.3 Å². The Labute approximate surface area is 205 Å². The molecule has 0 spiro atoms. The monoisotopic (exact) mass is 479 g/mol. The van der Waals surface area contributed by atoms with Crippen molar-refractivity contribution < 1.29 is 29.6 Å². The van der Waals surface area contributed by atoms with Gasteiger partial charge in [0.1, 0.15) is 5.75 Å². The number of ether oxygens (including phenoxy) is 1. The van der Waals surface area contributed by atoms with Crippen LogP contribution in [0.15, 0.2) is 53.1 Å². The molecule has 7 nitrogen and oxygen atoms in total. The minimum atomic E-state index is -0.869. The second-order valence-electron chi connectivity index (χ2n) is 9.62. The third kappa shape index (κ3) is 4.63. The molecule has 3 N–H and O–H groups in total. The number of aromatic hydroxyl groups is 1. The molecule has 0 saturated carbocycles. The zero-order chi connectivity index (χ0) is 25.3. The van der Waals surface area contributed by atoms with Crippen LogP contribution < -0.4 is 0 Å². The summed E-state index contributed by atoms with van der Waals surface area (Å²) in [7, 11) is 3.03. The molecule has 7 heteroatoms. The fourth-order valence-corrected chi connectivity index (χ4v) is 5.71. The van der Waals surface area contributed by atoms with Gasteiger partial charge in [-0.3, -0.25) is 14.5 Å². The average Bonchev–Trinajstić information content (AvgIpc) is 3.07. The van der Waals surface area contributed by atoms with E-state index in [2.05, 4.69) is 0 Å². The number of hydrogen-bond donors (Lipinski definition) is 3. The molecule has 2 aromatic carbocycles. The lowest BCUT2D eigenvalue weighted by molar-refractivity contribution is -0.138. The van der Waals surface area contributed by atoms with Crippen LogP contribution in [-0.2, 0) is 14.3 Å². The molecular weight excluding hydrogens is 446 g/mol. The number of methoxy groups -OCH3 is 1. The maximum atomic E-state index is 12.8. The molecule has 0 radical (unpaired) electrons. The Balaban J connectivity index is 1.57. The van der Waals surface area contributed by atoms with Crippen molar-refractivity contribution in [3.63, 3.8) is 0 Å². The van der Waals surface area contributed by atoms with Gasteiger partial charge in [0.25, 0.3) is 0 Å². The zero-order valence-corrected chi connectivity index (χ0v) is 20.4. The number of aliphatic hydroxyl groups excluding tert-OH is 2. The molecule has 2 aliphatic rings. The smallest absolute Gasteiger partial charge is 0.233 e. The van der Waals surface area contributed by atoms with E-state index in [0.29, 0.717) is 24.8 Å². The standard InChI is InChI=1S/C28H33NO6/c1-16(12-17-9-11-23(31)20-7-5-4-6-19(17)20)8-10-24(32)25-18(15-35-3)13-21-26(22(25)14-30)28(34)29(2)27(21)33/h4-7,9,11-12,21-22,24,26,30-32H,8,10,13-15H2,1-3H3/b16-12+/t21-,22+,24-,26-/m1/s1. The lowest BCUT2D eigenvalue weighted by Crippen LogP contribution is -2.39. The molecule has 1 aliphatic carbocycles. The van der Waals surface area contributed by atoms with Crippen molar-refractivity contribution in [3.8, 4) is 5.75 Å². The van der Waals surface area contributed by atoms with Gasteiger partial charge >= 0.3 is 0 Å². The summed E-state index contributed by atoms with van der Waals surface area (Å²) in [6, 6.07) is 11.2. The number of carbonyl (C=O) groups excluding carboxylic acids is 2. The number of aliphatic hydroxyl groups is 2. The number of benzene rings is 2. The van der Waals surface area contributed by atoms with Gasteiger partial charge in [-0.25, -0.2) is 0 Å². The van der Waals surface area contributed by atoms with Gasteiger partial charge in [0.05, 0.1) is 31.2 Å². The molecule has 0 unspecified atom stereocenters. The minimum Gasteiger partial charge on any atom is -0.507 e. The summed E-state index contributed by atoms with van der Waals surface area (Å²) in [5.74, 6) is -2.07. The van der Waals surface area contributed by atoms with E-state index in [1.165, 1.54) is 7.05 Å². The van der Waals surface area contributed by atoms with Crippen molar-refractivity contribution in [1.82, 2.24) is 4.90 Å². The first kappa shape index (κ1) is 25.1. The predicted molar refractivity (Wildman–Crippen MR) is 133 cm³/mol. The third-order valence-corrected chi connectivity index (χ3v) is 7.43. The molecule has 4 rings (SSSR count). The maximum Gasteiger partial charge on any atom is 0.233 e. The van der Waals surface area contributed by atoms with Crippen LogP contribution in [0.5, 0.6) is 5.75 Å². The topological polar surface area (TPSA) is 107 Å². The van der Waals surface area contributed by atoms with E-state index >= 15 is 0 Å². The number of allylic oxidation sites excluding steroid dienone is 1. The number of fused-ring (bicyclic) bond motifs is 2. The van der Waals surface area contributed by atoms with Crippen LogP contribution in [0.2, 0.25) is 0 Å². The fourth-order valence-electron chi connectivity index (χ4n) is 5.71. The van der Waals surface area contributed by atoms with Crippen LogP contribution in [0.4, 0.5) is 0 Å². The van der Waals surface area contributed by atoms with Crippen molar-refractivity contribution in [2.45, 2.75) is 32.3 Å². The summed E-state index contributed by atoms with van der Waals surface area (Å²) >= 11 is 0. The van der Waals surface area contributed by atoms with Gasteiger partial charge in [-0.15, -0.1) is 0 Å². The summed E-state index contributed by atoms with van der Waals surface area (Å²) in [5, 5.41) is 33.3. The van der Waals surface area contributed by atoms with Crippen molar-refractivity contribution >= 4 is 28.7 Å². The Morgan fingerprint density at radius 2 is 1.89 bits per heavy atom. The number of phenols is 1. The van der Waals surface area contributed by atoms with Gasteiger partial charge < -0.3 is 20.1 Å². The molecule has 1 saturated heterocycles.